The van der Waals surface area contributed by atoms with Crippen LogP contribution in [0.2, 0.25) is 0 Å². The average Bonchev–Trinajstić information content (AvgIpc) is 2.53. The number of rotatable bonds is 4. The molecular formula is C20H27N3O. The predicted octanol–water partition coefficient (Wildman–Crippen LogP) is 5.12. The van der Waals surface area contributed by atoms with Crippen molar-refractivity contribution in [2.75, 3.05) is 5.32 Å². The van der Waals surface area contributed by atoms with Crippen molar-refractivity contribution in [3.63, 3.8) is 0 Å². The Kier molecular flexibility index (Phi) is 5.96. The van der Waals surface area contributed by atoms with Gasteiger partial charge in [-0.3, -0.25) is 0 Å². The van der Waals surface area contributed by atoms with Gasteiger partial charge in [0.1, 0.15) is 0 Å². The van der Waals surface area contributed by atoms with E-state index in [2.05, 4.69) is 48.8 Å². The third-order valence-electron chi connectivity index (χ3n) is 4.48. The Hall–Kier alpha value is -2.36. The van der Waals surface area contributed by atoms with Crippen LogP contribution in [0.4, 0.5) is 10.5 Å². The second-order valence-electron chi connectivity index (χ2n) is 7.00. The SMILES string of the molecule is CC1=CCCC(C)(C)[C@H]1/C=C/C(C)=N\NC(=O)Nc1ccccc1. The summed E-state index contributed by atoms with van der Waals surface area (Å²) in [4.78, 5) is 11.8. The lowest BCUT2D eigenvalue weighted by Crippen LogP contribution is -2.26. The Labute approximate surface area is 144 Å². The molecular weight excluding hydrogens is 298 g/mol. The smallest absolute Gasteiger partial charge is 0.307 e. The minimum Gasteiger partial charge on any atom is -0.307 e. The number of hydrazone groups is 1. The summed E-state index contributed by atoms with van der Waals surface area (Å²) < 4.78 is 0. The largest absolute Gasteiger partial charge is 0.339 e. The second kappa shape index (κ2) is 7.95. The number of allylic oxidation sites excluding steroid dienone is 4. The van der Waals surface area contributed by atoms with Gasteiger partial charge in [-0.15, -0.1) is 0 Å². The first-order valence-electron chi connectivity index (χ1n) is 8.40. The highest BCUT2D eigenvalue weighted by molar-refractivity contribution is 5.95. The van der Waals surface area contributed by atoms with Gasteiger partial charge in [0.05, 0.1) is 5.71 Å². The Balaban J connectivity index is 1.92. The third kappa shape index (κ3) is 5.08. The fraction of sp³-hybridized carbons (Fsp3) is 0.400. The van der Waals surface area contributed by atoms with Crippen LogP contribution in [-0.2, 0) is 0 Å². The van der Waals surface area contributed by atoms with Crippen molar-refractivity contribution in [2.45, 2.75) is 40.5 Å². The number of nitrogens with one attached hydrogen (secondary N) is 2. The summed E-state index contributed by atoms with van der Waals surface area (Å²) in [6.07, 6.45) is 8.83. The molecule has 1 atom stereocenters. The molecule has 1 aliphatic carbocycles. The highest BCUT2D eigenvalue weighted by atomic mass is 16.2. The lowest BCUT2D eigenvalue weighted by Gasteiger charge is -2.36. The van der Waals surface area contributed by atoms with Gasteiger partial charge < -0.3 is 5.32 Å². The number of nitrogens with zero attached hydrogens (tertiary/aromatic N) is 1. The van der Waals surface area contributed by atoms with E-state index in [0.717, 1.165) is 17.8 Å². The molecule has 0 unspecified atom stereocenters. The van der Waals surface area contributed by atoms with Crippen molar-refractivity contribution in [3.8, 4) is 0 Å². The van der Waals surface area contributed by atoms with Crippen LogP contribution in [0.1, 0.15) is 40.5 Å². The van der Waals surface area contributed by atoms with Crippen molar-refractivity contribution in [2.24, 2.45) is 16.4 Å². The zero-order valence-electron chi connectivity index (χ0n) is 15.0. The first-order chi connectivity index (χ1) is 11.4. The molecule has 1 aromatic rings. The van der Waals surface area contributed by atoms with Crippen molar-refractivity contribution < 1.29 is 4.79 Å². The van der Waals surface area contributed by atoms with Crippen molar-refractivity contribution in [1.29, 1.82) is 0 Å². The van der Waals surface area contributed by atoms with Gasteiger partial charge in [0.2, 0.25) is 0 Å². The van der Waals surface area contributed by atoms with Crippen LogP contribution >= 0.6 is 0 Å². The molecule has 1 aliphatic rings. The quantitative estimate of drug-likeness (QED) is 0.450. The van der Waals surface area contributed by atoms with Crippen molar-refractivity contribution in [3.05, 3.63) is 54.1 Å². The highest BCUT2D eigenvalue weighted by Crippen LogP contribution is 2.41. The summed E-state index contributed by atoms with van der Waals surface area (Å²) in [6.45, 7) is 8.68. The molecule has 24 heavy (non-hydrogen) atoms. The number of amides is 2. The Morgan fingerprint density at radius 2 is 2.00 bits per heavy atom. The normalized spacial score (nSPS) is 20.6. The van der Waals surface area contributed by atoms with Crippen molar-refractivity contribution in [1.82, 2.24) is 5.43 Å². The monoisotopic (exact) mass is 325 g/mol. The van der Waals surface area contributed by atoms with Gasteiger partial charge in [0, 0.05) is 11.6 Å². The second-order valence-corrected chi connectivity index (χ2v) is 7.00. The number of para-hydroxylation sites is 1. The van der Waals surface area contributed by atoms with E-state index in [4.69, 9.17) is 0 Å². The van der Waals surface area contributed by atoms with Gasteiger partial charge in [-0.1, -0.05) is 49.8 Å². The lowest BCUT2D eigenvalue weighted by molar-refractivity contribution is 0.252. The topological polar surface area (TPSA) is 53.5 Å². The zero-order valence-corrected chi connectivity index (χ0v) is 15.0. The van der Waals surface area contributed by atoms with E-state index in [1.165, 1.54) is 12.0 Å². The minimum atomic E-state index is -0.344. The van der Waals surface area contributed by atoms with Crippen LogP contribution in [0.25, 0.3) is 0 Å². The molecule has 4 nitrogen and oxygen atoms in total. The summed E-state index contributed by atoms with van der Waals surface area (Å²) in [5, 5.41) is 6.86. The van der Waals surface area contributed by atoms with Gasteiger partial charge in [-0.2, -0.15) is 5.10 Å². The van der Waals surface area contributed by atoms with Gasteiger partial charge >= 0.3 is 6.03 Å². The molecule has 0 radical (unpaired) electrons. The average molecular weight is 325 g/mol. The highest BCUT2D eigenvalue weighted by Gasteiger charge is 2.30. The number of benzene rings is 1. The Morgan fingerprint density at radius 3 is 2.67 bits per heavy atom. The first-order valence-corrected chi connectivity index (χ1v) is 8.40. The molecule has 0 fully saturated rings. The van der Waals surface area contributed by atoms with Crippen LogP contribution in [0.15, 0.2) is 59.2 Å². The van der Waals surface area contributed by atoms with E-state index >= 15 is 0 Å². The molecule has 0 saturated heterocycles. The van der Waals surface area contributed by atoms with Gasteiger partial charge in [0.25, 0.3) is 0 Å². The van der Waals surface area contributed by atoms with Crippen molar-refractivity contribution >= 4 is 17.4 Å². The number of hydrogen-bond donors (Lipinski definition) is 2. The maximum atomic E-state index is 11.8. The molecule has 0 bridgehead atoms. The van der Waals surface area contributed by atoms with Crippen LogP contribution in [0, 0.1) is 11.3 Å². The number of anilines is 1. The lowest BCUT2D eigenvalue weighted by atomic mass is 9.68. The molecule has 0 saturated carbocycles. The van der Waals surface area contributed by atoms with Gasteiger partial charge in [0.15, 0.2) is 0 Å². The number of carbonyl (C=O) groups is 1. The maximum absolute atomic E-state index is 11.8. The Bertz CT molecular complexity index is 657. The fourth-order valence-corrected chi connectivity index (χ4v) is 3.08. The predicted molar refractivity (Wildman–Crippen MR) is 101 cm³/mol. The van der Waals surface area contributed by atoms with Crippen LogP contribution in [0.3, 0.4) is 0 Å². The fourth-order valence-electron chi connectivity index (χ4n) is 3.08. The Morgan fingerprint density at radius 1 is 1.29 bits per heavy atom. The standard InChI is InChI=1S/C20H27N3O/c1-15-9-8-14-20(3,4)18(15)13-12-16(2)22-23-19(24)21-17-10-6-5-7-11-17/h5-7,9-13,18H,8,14H2,1-4H3,(H2,21,23,24)/b13-12+,22-16-/t18-/m0/s1. The maximum Gasteiger partial charge on any atom is 0.339 e. The molecule has 0 spiro atoms. The first kappa shape index (κ1) is 18.0. The summed E-state index contributed by atoms with van der Waals surface area (Å²) in [5.41, 5.74) is 5.70. The van der Waals surface area contributed by atoms with E-state index in [1.807, 2.05) is 43.3 Å². The van der Waals surface area contributed by atoms with E-state index < -0.39 is 0 Å². The van der Waals surface area contributed by atoms with E-state index in [9.17, 15) is 4.79 Å². The van der Waals surface area contributed by atoms with Crippen LogP contribution in [-0.4, -0.2) is 11.7 Å². The molecule has 2 rings (SSSR count). The van der Waals surface area contributed by atoms with Gasteiger partial charge in [-0.25, -0.2) is 10.2 Å². The number of carbonyl (C=O) groups excluding carboxylic acids is 1. The summed E-state index contributed by atoms with van der Waals surface area (Å²) in [5.74, 6) is 0.412. The molecule has 2 amide bonds. The number of hydrogen-bond acceptors (Lipinski definition) is 2. The van der Waals surface area contributed by atoms with Crippen LogP contribution < -0.4 is 10.7 Å². The van der Waals surface area contributed by atoms with Gasteiger partial charge in [-0.05, 0) is 50.3 Å². The molecule has 0 heterocycles. The molecule has 2 N–H and O–H groups in total. The summed E-state index contributed by atoms with van der Waals surface area (Å²) in [6, 6.07) is 8.96. The molecule has 1 aromatic carbocycles. The third-order valence-corrected chi connectivity index (χ3v) is 4.48. The van der Waals surface area contributed by atoms with E-state index in [0.29, 0.717) is 5.92 Å². The molecule has 4 heteroatoms. The number of urea groups is 1. The summed E-state index contributed by atoms with van der Waals surface area (Å²) in [7, 11) is 0. The van der Waals surface area contributed by atoms with E-state index in [1.54, 1.807) is 0 Å². The molecule has 0 aliphatic heterocycles. The van der Waals surface area contributed by atoms with Crippen LogP contribution in [0.5, 0.6) is 0 Å². The summed E-state index contributed by atoms with van der Waals surface area (Å²) >= 11 is 0. The molecule has 128 valence electrons. The molecule has 0 aromatic heterocycles. The van der Waals surface area contributed by atoms with E-state index in [-0.39, 0.29) is 11.4 Å². The zero-order chi connectivity index (χ0) is 17.6. The minimum absolute atomic E-state index is 0.258.